The van der Waals surface area contributed by atoms with Crippen molar-refractivity contribution in [1.29, 1.82) is 0 Å². The number of ether oxygens (including phenoxy) is 3. The number of benzene rings is 2. The highest BCUT2D eigenvalue weighted by Gasteiger charge is 2.45. The van der Waals surface area contributed by atoms with Crippen LogP contribution < -0.4 is 4.74 Å². The SMILES string of the molecule is CC(C)(C)OC(=O)N1C2COCC1CC(C(=O)c1ccc(OCc3ccccc3)cc1)C2. The normalized spacial score (nSPS) is 22.8. The van der Waals surface area contributed by atoms with E-state index in [-0.39, 0.29) is 29.9 Å². The Morgan fingerprint density at radius 1 is 0.969 bits per heavy atom. The van der Waals surface area contributed by atoms with Crippen LogP contribution in [0.25, 0.3) is 0 Å². The molecule has 0 N–H and O–H groups in total. The molecule has 2 unspecified atom stereocenters. The maximum atomic E-state index is 13.2. The summed E-state index contributed by atoms with van der Waals surface area (Å²) in [6.45, 7) is 6.94. The second kappa shape index (κ2) is 9.33. The topological polar surface area (TPSA) is 65.1 Å². The van der Waals surface area contributed by atoms with Gasteiger partial charge in [0.15, 0.2) is 5.78 Å². The summed E-state index contributed by atoms with van der Waals surface area (Å²) in [5.41, 5.74) is 1.22. The van der Waals surface area contributed by atoms with E-state index in [9.17, 15) is 9.59 Å². The number of Topliss-reactive ketones (excluding diaryl/α,β-unsaturated/α-hetero) is 1. The van der Waals surface area contributed by atoms with E-state index < -0.39 is 5.60 Å². The lowest BCUT2D eigenvalue weighted by molar-refractivity contribution is -0.0861. The third kappa shape index (κ3) is 5.30. The Morgan fingerprint density at radius 2 is 1.59 bits per heavy atom. The molecule has 0 saturated carbocycles. The molecule has 0 aromatic heterocycles. The molecule has 0 radical (unpaired) electrons. The quantitative estimate of drug-likeness (QED) is 0.625. The number of carbonyl (C=O) groups is 2. The van der Waals surface area contributed by atoms with Crippen molar-refractivity contribution in [2.75, 3.05) is 13.2 Å². The summed E-state index contributed by atoms with van der Waals surface area (Å²) in [6, 6.07) is 17.0. The second-order valence-corrected chi connectivity index (χ2v) is 9.56. The lowest BCUT2D eigenvalue weighted by atomic mass is 9.81. The van der Waals surface area contributed by atoms with Crippen LogP contribution in [0.2, 0.25) is 0 Å². The van der Waals surface area contributed by atoms with E-state index in [0.29, 0.717) is 38.2 Å². The van der Waals surface area contributed by atoms with Crippen molar-refractivity contribution in [3.8, 4) is 5.75 Å². The minimum atomic E-state index is -0.552. The van der Waals surface area contributed by atoms with E-state index in [2.05, 4.69) is 0 Å². The first-order chi connectivity index (χ1) is 15.3. The largest absolute Gasteiger partial charge is 0.489 e. The summed E-state index contributed by atoms with van der Waals surface area (Å²) < 4.78 is 17.1. The predicted molar refractivity (Wildman–Crippen MR) is 121 cm³/mol. The molecule has 0 aliphatic carbocycles. The van der Waals surface area contributed by atoms with Gasteiger partial charge in [-0.05, 0) is 63.4 Å². The fraction of sp³-hybridized carbons (Fsp3) is 0.462. The first-order valence-corrected chi connectivity index (χ1v) is 11.2. The summed E-state index contributed by atoms with van der Waals surface area (Å²) in [5, 5.41) is 0. The van der Waals surface area contributed by atoms with Crippen LogP contribution in [-0.4, -0.2) is 47.7 Å². The van der Waals surface area contributed by atoms with Crippen molar-refractivity contribution in [3.63, 3.8) is 0 Å². The molecule has 2 atom stereocenters. The Bertz CT molecular complexity index is 921. The third-order valence-corrected chi connectivity index (χ3v) is 5.88. The predicted octanol–water partition coefficient (Wildman–Crippen LogP) is 4.86. The van der Waals surface area contributed by atoms with Gasteiger partial charge < -0.3 is 14.2 Å². The number of amides is 1. The van der Waals surface area contributed by atoms with Crippen LogP contribution >= 0.6 is 0 Å². The van der Waals surface area contributed by atoms with Crippen LogP contribution in [0, 0.1) is 5.92 Å². The Hall–Kier alpha value is -2.86. The van der Waals surface area contributed by atoms with Crippen molar-refractivity contribution in [2.24, 2.45) is 5.92 Å². The van der Waals surface area contributed by atoms with E-state index >= 15 is 0 Å². The van der Waals surface area contributed by atoms with Crippen molar-refractivity contribution in [3.05, 3.63) is 65.7 Å². The molecule has 2 aliphatic rings. The molecular formula is C26H31NO5. The number of carbonyl (C=O) groups excluding carboxylic acids is 2. The monoisotopic (exact) mass is 437 g/mol. The van der Waals surface area contributed by atoms with Gasteiger partial charge in [-0.2, -0.15) is 0 Å². The Balaban J connectivity index is 1.38. The molecule has 4 rings (SSSR count). The molecule has 170 valence electrons. The number of ketones is 1. The zero-order chi connectivity index (χ0) is 22.7. The van der Waals surface area contributed by atoms with Gasteiger partial charge in [0, 0.05) is 11.5 Å². The van der Waals surface area contributed by atoms with Crippen LogP contribution in [0.5, 0.6) is 5.75 Å². The first kappa shape index (κ1) is 22.3. The van der Waals surface area contributed by atoms with Gasteiger partial charge in [0.05, 0.1) is 25.3 Å². The van der Waals surface area contributed by atoms with Gasteiger partial charge in [-0.15, -0.1) is 0 Å². The van der Waals surface area contributed by atoms with Gasteiger partial charge in [0.2, 0.25) is 0 Å². The van der Waals surface area contributed by atoms with Gasteiger partial charge in [-0.25, -0.2) is 4.79 Å². The van der Waals surface area contributed by atoms with Crippen LogP contribution in [0.1, 0.15) is 49.5 Å². The van der Waals surface area contributed by atoms with Gasteiger partial charge in [0.1, 0.15) is 18.0 Å². The highest BCUT2D eigenvalue weighted by atomic mass is 16.6. The van der Waals surface area contributed by atoms with Crippen LogP contribution in [0.4, 0.5) is 4.79 Å². The Labute approximate surface area is 189 Å². The van der Waals surface area contributed by atoms with Gasteiger partial charge in [-0.1, -0.05) is 30.3 Å². The summed E-state index contributed by atoms with van der Waals surface area (Å²) in [6.07, 6.45) is 0.850. The van der Waals surface area contributed by atoms with E-state index in [0.717, 1.165) is 11.3 Å². The molecule has 6 nitrogen and oxygen atoms in total. The Kier molecular flexibility index (Phi) is 6.51. The number of piperidine rings is 1. The first-order valence-electron chi connectivity index (χ1n) is 11.2. The summed E-state index contributed by atoms with van der Waals surface area (Å²) >= 11 is 0. The molecule has 1 amide bonds. The number of hydrogen-bond acceptors (Lipinski definition) is 5. The molecular weight excluding hydrogens is 406 g/mol. The van der Waals surface area contributed by atoms with Crippen molar-refractivity contribution in [2.45, 2.75) is 57.9 Å². The highest BCUT2D eigenvalue weighted by molar-refractivity contribution is 5.98. The maximum Gasteiger partial charge on any atom is 0.410 e. The molecule has 2 aromatic rings. The van der Waals surface area contributed by atoms with Crippen molar-refractivity contribution < 1.29 is 23.8 Å². The average Bonchev–Trinajstić information content (AvgIpc) is 2.76. The Morgan fingerprint density at radius 3 is 2.19 bits per heavy atom. The summed E-state index contributed by atoms with van der Waals surface area (Å²) in [4.78, 5) is 27.7. The average molecular weight is 438 g/mol. The molecule has 2 fully saturated rings. The van der Waals surface area contributed by atoms with E-state index in [1.807, 2.05) is 75.4 Å². The zero-order valence-corrected chi connectivity index (χ0v) is 19.0. The molecule has 32 heavy (non-hydrogen) atoms. The fourth-order valence-electron chi connectivity index (χ4n) is 4.43. The third-order valence-electron chi connectivity index (χ3n) is 5.88. The lowest BCUT2D eigenvalue weighted by Gasteiger charge is -2.47. The fourth-order valence-corrected chi connectivity index (χ4v) is 4.43. The van der Waals surface area contributed by atoms with Crippen molar-refractivity contribution >= 4 is 11.9 Å². The van der Waals surface area contributed by atoms with Crippen LogP contribution in [0.3, 0.4) is 0 Å². The van der Waals surface area contributed by atoms with Gasteiger partial charge in [0.25, 0.3) is 0 Å². The number of morpholine rings is 1. The molecule has 2 aromatic carbocycles. The minimum Gasteiger partial charge on any atom is -0.489 e. The maximum absolute atomic E-state index is 13.2. The van der Waals surface area contributed by atoms with Crippen LogP contribution in [0.15, 0.2) is 54.6 Å². The number of nitrogens with zero attached hydrogens (tertiary/aromatic N) is 1. The lowest BCUT2D eigenvalue weighted by Crippen LogP contribution is -2.60. The molecule has 2 aliphatic heterocycles. The molecule has 6 heteroatoms. The number of rotatable bonds is 5. The number of hydrogen-bond donors (Lipinski definition) is 0. The van der Waals surface area contributed by atoms with Crippen LogP contribution in [-0.2, 0) is 16.1 Å². The van der Waals surface area contributed by atoms with E-state index in [4.69, 9.17) is 14.2 Å². The number of fused-ring (bicyclic) bond motifs is 2. The van der Waals surface area contributed by atoms with Gasteiger partial charge in [-0.3, -0.25) is 9.69 Å². The molecule has 2 bridgehead atoms. The molecule has 2 heterocycles. The zero-order valence-electron chi connectivity index (χ0n) is 19.0. The van der Waals surface area contributed by atoms with E-state index in [1.165, 1.54) is 0 Å². The molecule has 2 saturated heterocycles. The standard InChI is InChI=1S/C26H31NO5/c1-26(2,3)32-25(29)27-21-13-20(14-22(27)17-30-16-21)24(28)19-9-11-23(12-10-19)31-15-18-7-5-4-6-8-18/h4-12,20-22H,13-17H2,1-3H3. The summed E-state index contributed by atoms with van der Waals surface area (Å²) in [7, 11) is 0. The summed E-state index contributed by atoms with van der Waals surface area (Å²) in [5.74, 6) is 0.708. The highest BCUT2D eigenvalue weighted by Crippen LogP contribution is 2.35. The van der Waals surface area contributed by atoms with Crippen molar-refractivity contribution in [1.82, 2.24) is 4.90 Å². The second-order valence-electron chi connectivity index (χ2n) is 9.56. The van der Waals surface area contributed by atoms with Gasteiger partial charge >= 0.3 is 6.09 Å². The minimum absolute atomic E-state index is 0.111. The molecule has 0 spiro atoms. The smallest absolute Gasteiger partial charge is 0.410 e. The van der Waals surface area contributed by atoms with E-state index in [1.54, 1.807) is 4.90 Å².